The summed E-state index contributed by atoms with van der Waals surface area (Å²) in [6.07, 6.45) is 2.61. The maximum atomic E-state index is 5.31. The molecule has 0 N–H and O–H groups in total. The summed E-state index contributed by atoms with van der Waals surface area (Å²) in [6.45, 7) is 6.21. The van der Waals surface area contributed by atoms with Crippen molar-refractivity contribution in [3.8, 4) is 0 Å². The van der Waals surface area contributed by atoms with E-state index in [2.05, 4.69) is 13.8 Å². The Morgan fingerprint density at radius 2 is 2.30 bits per heavy atom. The van der Waals surface area contributed by atoms with Crippen LogP contribution >= 0.6 is 0 Å². The summed E-state index contributed by atoms with van der Waals surface area (Å²) >= 11 is 0. The zero-order valence-corrected chi connectivity index (χ0v) is 6.76. The van der Waals surface area contributed by atoms with Gasteiger partial charge in [-0.1, -0.05) is 13.8 Å². The first kappa shape index (κ1) is 7.45. The van der Waals surface area contributed by atoms with Gasteiger partial charge < -0.3 is 9.47 Å². The van der Waals surface area contributed by atoms with Crippen LogP contribution in [0.4, 0.5) is 0 Å². The first-order valence-corrected chi connectivity index (χ1v) is 3.67. The first-order valence-electron chi connectivity index (χ1n) is 3.67. The molecular weight excluding hydrogens is 128 g/mol. The number of hydrogen-bond acceptors (Lipinski definition) is 2. The lowest BCUT2D eigenvalue weighted by Crippen LogP contribution is -2.10. The highest BCUT2D eigenvalue weighted by atomic mass is 16.7. The van der Waals surface area contributed by atoms with Crippen LogP contribution in [-0.2, 0) is 9.47 Å². The van der Waals surface area contributed by atoms with Gasteiger partial charge in [0.05, 0.1) is 0 Å². The summed E-state index contributed by atoms with van der Waals surface area (Å²) in [7, 11) is 0. The van der Waals surface area contributed by atoms with Crippen molar-refractivity contribution in [3.05, 3.63) is 12.0 Å². The number of allylic oxidation sites excluding steroid dienone is 1. The van der Waals surface area contributed by atoms with Crippen molar-refractivity contribution in [2.75, 3.05) is 0 Å². The van der Waals surface area contributed by atoms with Gasteiger partial charge in [-0.25, -0.2) is 0 Å². The molecule has 2 nitrogen and oxygen atoms in total. The Morgan fingerprint density at radius 3 is 2.70 bits per heavy atom. The van der Waals surface area contributed by atoms with Crippen LogP contribution in [0.1, 0.15) is 27.2 Å². The minimum Gasteiger partial charge on any atom is -0.459 e. The van der Waals surface area contributed by atoms with Crippen LogP contribution < -0.4 is 0 Å². The zero-order valence-electron chi connectivity index (χ0n) is 6.76. The van der Waals surface area contributed by atoms with E-state index in [9.17, 15) is 0 Å². The molecule has 0 bridgehead atoms. The summed E-state index contributed by atoms with van der Waals surface area (Å²) in [5.41, 5.74) is 0. The Kier molecular flexibility index (Phi) is 2.20. The average Bonchev–Trinajstić information content (AvgIpc) is 2.13. The molecule has 0 aromatic heterocycles. The van der Waals surface area contributed by atoms with Gasteiger partial charge in [-0.2, -0.15) is 0 Å². The second-order valence-corrected chi connectivity index (χ2v) is 3.04. The molecule has 1 aliphatic rings. The zero-order chi connectivity index (χ0) is 7.56. The molecule has 1 unspecified atom stereocenters. The van der Waals surface area contributed by atoms with Crippen molar-refractivity contribution < 1.29 is 9.47 Å². The fourth-order valence-corrected chi connectivity index (χ4v) is 0.923. The van der Waals surface area contributed by atoms with E-state index < -0.39 is 0 Å². The van der Waals surface area contributed by atoms with Gasteiger partial charge in [0.2, 0.25) is 6.29 Å². The minimum absolute atomic E-state index is 0.0278. The Labute approximate surface area is 61.8 Å². The van der Waals surface area contributed by atoms with Crippen LogP contribution in [0.5, 0.6) is 0 Å². The van der Waals surface area contributed by atoms with Crippen molar-refractivity contribution in [1.82, 2.24) is 0 Å². The predicted octanol–water partition coefficient (Wildman–Crippen LogP) is 2.27. The van der Waals surface area contributed by atoms with Crippen molar-refractivity contribution in [2.24, 2.45) is 5.92 Å². The molecule has 1 aliphatic heterocycles. The molecule has 0 saturated carbocycles. The number of ether oxygens (including phenoxy) is 2. The molecule has 0 amide bonds. The Balaban J connectivity index is 2.23. The van der Waals surface area contributed by atoms with Gasteiger partial charge >= 0.3 is 0 Å². The molecule has 0 radical (unpaired) electrons. The third kappa shape index (κ3) is 1.94. The molecule has 10 heavy (non-hydrogen) atoms. The van der Waals surface area contributed by atoms with Crippen molar-refractivity contribution in [2.45, 2.75) is 33.5 Å². The predicted molar refractivity (Wildman–Crippen MR) is 39.2 cm³/mol. The SMILES string of the molecule is CC1=COC(CC(C)C)O1. The molecule has 0 saturated heterocycles. The van der Waals surface area contributed by atoms with Crippen LogP contribution in [0, 0.1) is 5.92 Å². The van der Waals surface area contributed by atoms with Crippen molar-refractivity contribution >= 4 is 0 Å². The second kappa shape index (κ2) is 2.95. The molecular formula is C8H14O2. The van der Waals surface area contributed by atoms with Gasteiger partial charge in [0, 0.05) is 6.42 Å². The minimum atomic E-state index is -0.0278. The van der Waals surface area contributed by atoms with E-state index in [1.54, 1.807) is 6.26 Å². The summed E-state index contributed by atoms with van der Waals surface area (Å²) in [4.78, 5) is 0. The van der Waals surface area contributed by atoms with Gasteiger partial charge in [-0.15, -0.1) is 0 Å². The normalized spacial score (nSPS) is 24.0. The third-order valence-electron chi connectivity index (χ3n) is 1.37. The highest BCUT2D eigenvalue weighted by Crippen LogP contribution is 2.19. The monoisotopic (exact) mass is 142 g/mol. The molecule has 0 aliphatic carbocycles. The molecule has 0 fully saturated rings. The fourth-order valence-electron chi connectivity index (χ4n) is 0.923. The quantitative estimate of drug-likeness (QED) is 0.588. The Bertz CT molecular complexity index is 138. The summed E-state index contributed by atoms with van der Waals surface area (Å²) in [6, 6.07) is 0. The third-order valence-corrected chi connectivity index (χ3v) is 1.37. The van der Waals surface area contributed by atoms with Gasteiger partial charge in [-0.3, -0.25) is 0 Å². The van der Waals surface area contributed by atoms with Crippen molar-refractivity contribution in [3.63, 3.8) is 0 Å². The van der Waals surface area contributed by atoms with Crippen molar-refractivity contribution in [1.29, 1.82) is 0 Å². The van der Waals surface area contributed by atoms with E-state index >= 15 is 0 Å². The second-order valence-electron chi connectivity index (χ2n) is 3.04. The summed E-state index contributed by atoms with van der Waals surface area (Å²) in [5, 5.41) is 0. The average molecular weight is 142 g/mol. The van der Waals surface area contributed by atoms with Crippen LogP contribution in [0.25, 0.3) is 0 Å². The lowest BCUT2D eigenvalue weighted by atomic mass is 10.1. The molecule has 1 rings (SSSR count). The van der Waals surface area contributed by atoms with Crippen LogP contribution in [-0.4, -0.2) is 6.29 Å². The summed E-state index contributed by atoms with van der Waals surface area (Å²) in [5.74, 6) is 1.51. The largest absolute Gasteiger partial charge is 0.459 e. The fraction of sp³-hybridized carbons (Fsp3) is 0.750. The van der Waals surface area contributed by atoms with E-state index in [0.717, 1.165) is 12.2 Å². The standard InChI is InChI=1S/C8H14O2/c1-6(2)4-8-9-5-7(3)10-8/h5-6,8H,4H2,1-3H3. The number of rotatable bonds is 2. The Morgan fingerprint density at radius 1 is 1.60 bits per heavy atom. The smallest absolute Gasteiger partial charge is 0.240 e. The highest BCUT2D eigenvalue weighted by molar-refractivity contribution is 4.87. The molecule has 1 atom stereocenters. The maximum absolute atomic E-state index is 5.31. The van der Waals surface area contributed by atoms with Crippen LogP contribution in [0.3, 0.4) is 0 Å². The Hall–Kier alpha value is -0.660. The lowest BCUT2D eigenvalue weighted by molar-refractivity contribution is -0.0439. The van der Waals surface area contributed by atoms with Crippen LogP contribution in [0.2, 0.25) is 0 Å². The topological polar surface area (TPSA) is 18.5 Å². The first-order chi connectivity index (χ1) is 4.68. The van der Waals surface area contributed by atoms with Crippen LogP contribution in [0.15, 0.2) is 12.0 Å². The maximum Gasteiger partial charge on any atom is 0.240 e. The van der Waals surface area contributed by atoms with Gasteiger partial charge in [0.1, 0.15) is 12.0 Å². The molecule has 58 valence electrons. The molecule has 1 heterocycles. The molecule has 0 aromatic rings. The van der Waals surface area contributed by atoms with Gasteiger partial charge in [-0.05, 0) is 12.8 Å². The lowest BCUT2D eigenvalue weighted by Gasteiger charge is -2.12. The molecule has 0 aromatic carbocycles. The highest BCUT2D eigenvalue weighted by Gasteiger charge is 2.17. The molecule has 2 heteroatoms. The van der Waals surface area contributed by atoms with E-state index in [4.69, 9.17) is 9.47 Å². The van der Waals surface area contributed by atoms with E-state index in [1.165, 1.54) is 0 Å². The van der Waals surface area contributed by atoms with E-state index in [0.29, 0.717) is 5.92 Å². The van der Waals surface area contributed by atoms with Gasteiger partial charge in [0.25, 0.3) is 0 Å². The number of hydrogen-bond donors (Lipinski definition) is 0. The van der Waals surface area contributed by atoms with E-state index in [1.807, 2.05) is 6.92 Å². The molecule has 0 spiro atoms. The van der Waals surface area contributed by atoms with Gasteiger partial charge in [0.15, 0.2) is 0 Å². The summed E-state index contributed by atoms with van der Waals surface area (Å²) < 4.78 is 10.5. The van der Waals surface area contributed by atoms with E-state index in [-0.39, 0.29) is 6.29 Å².